The molecule has 0 saturated heterocycles. The Balaban J connectivity index is 2.19. The van der Waals surface area contributed by atoms with Crippen LogP contribution in [0.5, 0.6) is 0 Å². The molecule has 0 aromatic carbocycles. The first-order valence-corrected chi connectivity index (χ1v) is 6.30. The maximum atomic E-state index is 5.50. The van der Waals surface area contributed by atoms with Crippen LogP contribution in [0.1, 0.15) is 51.9 Å². The average Bonchev–Trinajstić information content (AvgIpc) is 2.41. The van der Waals surface area contributed by atoms with E-state index >= 15 is 0 Å². The summed E-state index contributed by atoms with van der Waals surface area (Å²) in [7, 11) is 0. The minimum atomic E-state index is 0.750. The molecule has 0 heterocycles. The third-order valence-corrected chi connectivity index (χ3v) is 3.36. The topological polar surface area (TPSA) is 38.0 Å². The number of hydrogen-bond acceptors (Lipinski definition) is 2. The van der Waals surface area contributed by atoms with Gasteiger partial charge in [0, 0.05) is 19.1 Å². The van der Waals surface area contributed by atoms with Crippen molar-refractivity contribution in [1.29, 1.82) is 0 Å². The average molecular weight is 198 g/mol. The summed E-state index contributed by atoms with van der Waals surface area (Å²) in [4.78, 5) is 0. The third kappa shape index (κ3) is 4.43. The van der Waals surface area contributed by atoms with E-state index in [-0.39, 0.29) is 0 Å². The molecule has 1 aliphatic rings. The third-order valence-electron chi connectivity index (χ3n) is 3.36. The maximum Gasteiger partial charge on any atom is 0.00770 e. The molecule has 0 aliphatic heterocycles. The van der Waals surface area contributed by atoms with Crippen LogP contribution in [0.2, 0.25) is 0 Å². The SMILES string of the molecule is CCCC1CCCC(NCCN)CC1. The van der Waals surface area contributed by atoms with Gasteiger partial charge in [-0.05, 0) is 25.2 Å². The van der Waals surface area contributed by atoms with Crippen molar-refractivity contribution in [3.8, 4) is 0 Å². The quantitative estimate of drug-likeness (QED) is 0.665. The van der Waals surface area contributed by atoms with Crippen molar-refractivity contribution in [2.24, 2.45) is 11.7 Å². The van der Waals surface area contributed by atoms with Crippen molar-refractivity contribution < 1.29 is 0 Å². The fraction of sp³-hybridized carbons (Fsp3) is 1.00. The van der Waals surface area contributed by atoms with Crippen molar-refractivity contribution in [3.63, 3.8) is 0 Å². The molecule has 2 unspecified atom stereocenters. The Hall–Kier alpha value is -0.0800. The van der Waals surface area contributed by atoms with Crippen molar-refractivity contribution >= 4 is 0 Å². The molecule has 0 radical (unpaired) electrons. The number of rotatable bonds is 5. The molecule has 0 aromatic heterocycles. The largest absolute Gasteiger partial charge is 0.329 e. The minimum Gasteiger partial charge on any atom is -0.329 e. The molecular weight excluding hydrogens is 172 g/mol. The Morgan fingerprint density at radius 3 is 2.79 bits per heavy atom. The number of nitrogens with two attached hydrogens (primary N) is 1. The van der Waals surface area contributed by atoms with Gasteiger partial charge in [0.05, 0.1) is 0 Å². The molecule has 2 nitrogen and oxygen atoms in total. The van der Waals surface area contributed by atoms with Crippen molar-refractivity contribution in [3.05, 3.63) is 0 Å². The predicted molar refractivity (Wildman–Crippen MR) is 62.3 cm³/mol. The zero-order valence-corrected chi connectivity index (χ0v) is 9.60. The highest BCUT2D eigenvalue weighted by Crippen LogP contribution is 2.26. The van der Waals surface area contributed by atoms with Crippen LogP contribution in [0, 0.1) is 5.92 Å². The summed E-state index contributed by atoms with van der Waals surface area (Å²) in [6, 6.07) is 0.750. The molecule has 84 valence electrons. The molecular formula is C12H26N2. The molecule has 14 heavy (non-hydrogen) atoms. The lowest BCUT2D eigenvalue weighted by atomic mass is 9.95. The summed E-state index contributed by atoms with van der Waals surface area (Å²) in [5.74, 6) is 1.00. The highest BCUT2D eigenvalue weighted by atomic mass is 14.9. The Morgan fingerprint density at radius 1 is 1.21 bits per heavy atom. The summed E-state index contributed by atoms with van der Waals surface area (Å²) in [6.07, 6.45) is 9.80. The molecule has 3 N–H and O–H groups in total. The molecule has 2 heteroatoms. The van der Waals surface area contributed by atoms with Crippen LogP contribution in [0.4, 0.5) is 0 Å². The molecule has 1 aliphatic carbocycles. The highest BCUT2D eigenvalue weighted by Gasteiger charge is 2.17. The molecule has 0 aromatic rings. The van der Waals surface area contributed by atoms with E-state index in [0.29, 0.717) is 0 Å². The van der Waals surface area contributed by atoms with E-state index in [9.17, 15) is 0 Å². The lowest BCUT2D eigenvalue weighted by molar-refractivity contribution is 0.411. The predicted octanol–water partition coefficient (Wildman–Crippen LogP) is 2.28. The van der Waals surface area contributed by atoms with E-state index in [1.54, 1.807) is 0 Å². The fourth-order valence-electron chi connectivity index (χ4n) is 2.57. The first-order chi connectivity index (χ1) is 6.86. The van der Waals surface area contributed by atoms with Crippen molar-refractivity contribution in [2.75, 3.05) is 13.1 Å². The molecule has 2 atom stereocenters. The summed E-state index contributed by atoms with van der Waals surface area (Å²) in [6.45, 7) is 4.06. The second kappa shape index (κ2) is 7.24. The van der Waals surface area contributed by atoms with E-state index in [2.05, 4.69) is 12.2 Å². The van der Waals surface area contributed by atoms with E-state index < -0.39 is 0 Å². The lowest BCUT2D eigenvalue weighted by Crippen LogP contribution is -2.32. The van der Waals surface area contributed by atoms with Gasteiger partial charge in [-0.2, -0.15) is 0 Å². The second-order valence-corrected chi connectivity index (χ2v) is 4.60. The van der Waals surface area contributed by atoms with Crippen LogP contribution in [-0.4, -0.2) is 19.1 Å². The molecule has 0 amide bonds. The van der Waals surface area contributed by atoms with E-state index in [1.165, 1.54) is 44.9 Å². The molecule has 1 saturated carbocycles. The Morgan fingerprint density at radius 2 is 2.07 bits per heavy atom. The van der Waals surface area contributed by atoms with Crippen LogP contribution in [-0.2, 0) is 0 Å². The fourth-order valence-corrected chi connectivity index (χ4v) is 2.57. The van der Waals surface area contributed by atoms with Gasteiger partial charge in [0.15, 0.2) is 0 Å². The van der Waals surface area contributed by atoms with Gasteiger partial charge in [0.2, 0.25) is 0 Å². The highest BCUT2D eigenvalue weighted by molar-refractivity contribution is 4.74. The van der Waals surface area contributed by atoms with Gasteiger partial charge in [-0.15, -0.1) is 0 Å². The summed E-state index contributed by atoms with van der Waals surface area (Å²) in [5, 5.41) is 3.55. The van der Waals surface area contributed by atoms with Crippen LogP contribution in [0.15, 0.2) is 0 Å². The van der Waals surface area contributed by atoms with Crippen molar-refractivity contribution in [2.45, 2.75) is 57.9 Å². The first kappa shape index (κ1) is 12.0. The first-order valence-electron chi connectivity index (χ1n) is 6.30. The summed E-state index contributed by atoms with van der Waals surface area (Å²) < 4.78 is 0. The standard InChI is InChI=1S/C12H26N2/c1-2-4-11-5-3-6-12(8-7-11)14-10-9-13/h11-12,14H,2-10,13H2,1H3. The van der Waals surface area contributed by atoms with E-state index in [1.807, 2.05) is 0 Å². The van der Waals surface area contributed by atoms with Gasteiger partial charge >= 0.3 is 0 Å². The Labute approximate surface area is 88.6 Å². The Kier molecular flexibility index (Phi) is 6.20. The van der Waals surface area contributed by atoms with E-state index in [4.69, 9.17) is 5.73 Å². The second-order valence-electron chi connectivity index (χ2n) is 4.60. The van der Waals surface area contributed by atoms with Crippen molar-refractivity contribution in [1.82, 2.24) is 5.32 Å². The molecule has 1 fully saturated rings. The monoisotopic (exact) mass is 198 g/mol. The summed E-state index contributed by atoms with van der Waals surface area (Å²) in [5.41, 5.74) is 5.50. The van der Waals surface area contributed by atoms with Gasteiger partial charge in [0.25, 0.3) is 0 Å². The van der Waals surface area contributed by atoms with Gasteiger partial charge in [-0.3, -0.25) is 0 Å². The van der Waals surface area contributed by atoms with Gasteiger partial charge in [-0.25, -0.2) is 0 Å². The van der Waals surface area contributed by atoms with Gasteiger partial charge < -0.3 is 11.1 Å². The van der Waals surface area contributed by atoms with Crippen LogP contribution < -0.4 is 11.1 Å². The van der Waals surface area contributed by atoms with Gasteiger partial charge in [-0.1, -0.05) is 32.6 Å². The molecule has 1 rings (SSSR count). The maximum absolute atomic E-state index is 5.50. The number of hydrogen-bond donors (Lipinski definition) is 2. The smallest absolute Gasteiger partial charge is 0.00770 e. The summed E-state index contributed by atoms with van der Waals surface area (Å²) >= 11 is 0. The molecule has 0 bridgehead atoms. The van der Waals surface area contributed by atoms with Crippen LogP contribution in [0.25, 0.3) is 0 Å². The number of nitrogens with one attached hydrogen (secondary N) is 1. The van der Waals surface area contributed by atoms with Crippen LogP contribution >= 0.6 is 0 Å². The lowest BCUT2D eigenvalue weighted by Gasteiger charge is -2.16. The normalized spacial score (nSPS) is 28.7. The zero-order valence-electron chi connectivity index (χ0n) is 9.60. The minimum absolute atomic E-state index is 0.750. The van der Waals surface area contributed by atoms with Crippen LogP contribution in [0.3, 0.4) is 0 Å². The Bertz CT molecular complexity index is 136. The van der Waals surface area contributed by atoms with E-state index in [0.717, 1.165) is 25.0 Å². The van der Waals surface area contributed by atoms with Gasteiger partial charge in [0.1, 0.15) is 0 Å². The molecule has 0 spiro atoms. The zero-order chi connectivity index (χ0) is 10.2.